The van der Waals surface area contributed by atoms with E-state index < -0.39 is 10.0 Å². The third-order valence-electron chi connectivity index (χ3n) is 2.54. The van der Waals surface area contributed by atoms with Crippen LogP contribution in [0, 0.1) is 0 Å². The van der Waals surface area contributed by atoms with Gasteiger partial charge in [0, 0.05) is 5.56 Å². The Morgan fingerprint density at radius 2 is 2.11 bits per heavy atom. The molecule has 7 heteroatoms. The Bertz CT molecular complexity index is 553. The smallest absolute Gasteiger partial charge is 0.232 e. The van der Waals surface area contributed by atoms with Gasteiger partial charge in [0.1, 0.15) is 0 Å². The van der Waals surface area contributed by atoms with Gasteiger partial charge >= 0.3 is 0 Å². The fraction of sp³-hybridized carbons (Fsp3) is 0.364. The summed E-state index contributed by atoms with van der Waals surface area (Å²) in [5.41, 5.74) is 7.25. The minimum atomic E-state index is -3.35. The van der Waals surface area contributed by atoms with Crippen LogP contribution in [0.4, 0.5) is 5.69 Å². The molecule has 4 N–H and O–H groups in total. The number of aryl methyl sites for hydroxylation is 1. The largest absolute Gasteiger partial charge is 0.409 e. The van der Waals surface area contributed by atoms with E-state index in [1.165, 1.54) is 0 Å². The lowest BCUT2D eigenvalue weighted by molar-refractivity contribution is 0.318. The number of amidine groups is 1. The first kappa shape index (κ1) is 14.3. The first-order chi connectivity index (χ1) is 8.43. The molecule has 1 aromatic rings. The monoisotopic (exact) mass is 271 g/mol. The Morgan fingerprint density at radius 3 is 2.61 bits per heavy atom. The van der Waals surface area contributed by atoms with Crippen LogP contribution in [0.25, 0.3) is 0 Å². The van der Waals surface area contributed by atoms with Gasteiger partial charge in [0.05, 0.1) is 11.4 Å². The third-order valence-corrected chi connectivity index (χ3v) is 3.83. The second-order valence-electron chi connectivity index (χ2n) is 3.72. The maximum Gasteiger partial charge on any atom is 0.232 e. The van der Waals surface area contributed by atoms with E-state index in [4.69, 9.17) is 10.9 Å². The van der Waals surface area contributed by atoms with Gasteiger partial charge in [-0.3, -0.25) is 4.72 Å². The average molecular weight is 271 g/mol. The minimum absolute atomic E-state index is 0.00997. The summed E-state index contributed by atoms with van der Waals surface area (Å²) in [6.07, 6.45) is 0.679. The summed E-state index contributed by atoms with van der Waals surface area (Å²) in [4.78, 5) is 0. The van der Waals surface area contributed by atoms with E-state index in [2.05, 4.69) is 9.88 Å². The molecule has 0 bridgehead atoms. The van der Waals surface area contributed by atoms with Crippen LogP contribution >= 0.6 is 0 Å². The Hall–Kier alpha value is -1.76. The number of hydrogen-bond acceptors (Lipinski definition) is 4. The molecule has 100 valence electrons. The average Bonchev–Trinajstić information content (AvgIpc) is 2.37. The molecule has 0 aliphatic heterocycles. The third kappa shape index (κ3) is 3.36. The summed E-state index contributed by atoms with van der Waals surface area (Å²) < 4.78 is 25.6. The highest BCUT2D eigenvalue weighted by Crippen LogP contribution is 2.20. The van der Waals surface area contributed by atoms with Gasteiger partial charge in [0.25, 0.3) is 0 Å². The topological polar surface area (TPSA) is 105 Å². The van der Waals surface area contributed by atoms with Crippen LogP contribution in [0.15, 0.2) is 23.4 Å². The molecule has 0 aromatic heterocycles. The van der Waals surface area contributed by atoms with E-state index in [1.807, 2.05) is 6.92 Å². The van der Waals surface area contributed by atoms with Crippen LogP contribution in [0.1, 0.15) is 25.0 Å². The van der Waals surface area contributed by atoms with Crippen LogP contribution in [0.3, 0.4) is 0 Å². The lowest BCUT2D eigenvalue weighted by atomic mass is 10.1. The molecule has 0 saturated carbocycles. The van der Waals surface area contributed by atoms with Crippen LogP contribution < -0.4 is 10.5 Å². The van der Waals surface area contributed by atoms with E-state index in [-0.39, 0.29) is 11.6 Å². The SMILES string of the molecule is CCc1ccc(/C(N)=N\O)cc1NS(=O)(=O)CC. The van der Waals surface area contributed by atoms with E-state index in [1.54, 1.807) is 25.1 Å². The van der Waals surface area contributed by atoms with Crippen molar-refractivity contribution in [2.75, 3.05) is 10.5 Å². The summed E-state index contributed by atoms with van der Waals surface area (Å²) in [7, 11) is -3.35. The molecule has 1 rings (SSSR count). The van der Waals surface area contributed by atoms with Gasteiger partial charge in [-0.2, -0.15) is 0 Å². The first-order valence-corrected chi connectivity index (χ1v) is 7.20. The van der Waals surface area contributed by atoms with Gasteiger partial charge in [0.2, 0.25) is 10.0 Å². The van der Waals surface area contributed by atoms with E-state index >= 15 is 0 Å². The van der Waals surface area contributed by atoms with Gasteiger partial charge in [-0.15, -0.1) is 0 Å². The maximum absolute atomic E-state index is 11.6. The number of sulfonamides is 1. The number of nitrogens with zero attached hydrogens (tertiary/aromatic N) is 1. The summed E-state index contributed by atoms with van der Waals surface area (Å²) in [5, 5.41) is 11.5. The highest BCUT2D eigenvalue weighted by molar-refractivity contribution is 7.92. The molecular formula is C11H17N3O3S. The van der Waals surface area contributed by atoms with Crippen molar-refractivity contribution in [1.29, 1.82) is 0 Å². The zero-order valence-corrected chi connectivity index (χ0v) is 11.2. The van der Waals surface area contributed by atoms with Gasteiger partial charge in [0.15, 0.2) is 5.84 Å². The van der Waals surface area contributed by atoms with E-state index in [0.29, 0.717) is 17.7 Å². The molecule has 0 atom stereocenters. The predicted molar refractivity (Wildman–Crippen MR) is 71.4 cm³/mol. The molecule has 0 spiro atoms. The van der Waals surface area contributed by atoms with E-state index in [0.717, 1.165) is 5.56 Å². The number of nitrogens with one attached hydrogen (secondary N) is 1. The summed E-state index contributed by atoms with van der Waals surface area (Å²) in [6.45, 7) is 3.48. The molecule has 0 heterocycles. The molecule has 6 nitrogen and oxygen atoms in total. The minimum Gasteiger partial charge on any atom is -0.409 e. The molecule has 0 radical (unpaired) electrons. The second kappa shape index (κ2) is 5.72. The van der Waals surface area contributed by atoms with Gasteiger partial charge in [-0.1, -0.05) is 24.2 Å². The molecule has 0 unspecified atom stereocenters. The summed E-state index contributed by atoms with van der Waals surface area (Å²) in [5.74, 6) is -0.0705. The van der Waals surface area contributed by atoms with Crippen molar-refractivity contribution in [1.82, 2.24) is 0 Å². The molecule has 0 fully saturated rings. The highest BCUT2D eigenvalue weighted by atomic mass is 32.2. The van der Waals surface area contributed by atoms with Crippen molar-refractivity contribution in [3.63, 3.8) is 0 Å². The van der Waals surface area contributed by atoms with Crippen molar-refractivity contribution in [2.24, 2.45) is 10.9 Å². The number of oxime groups is 1. The standard InChI is InChI=1S/C11H17N3O3S/c1-3-8-5-6-9(11(12)13-15)7-10(8)14-18(16,17)4-2/h5-7,14-15H,3-4H2,1-2H3,(H2,12,13). The van der Waals surface area contributed by atoms with Crippen molar-refractivity contribution in [2.45, 2.75) is 20.3 Å². The highest BCUT2D eigenvalue weighted by Gasteiger charge is 2.11. The van der Waals surface area contributed by atoms with Crippen molar-refractivity contribution >= 4 is 21.5 Å². The Balaban J connectivity index is 3.23. The van der Waals surface area contributed by atoms with Crippen molar-refractivity contribution in [3.8, 4) is 0 Å². The first-order valence-electron chi connectivity index (χ1n) is 5.54. The maximum atomic E-state index is 11.6. The Kier molecular flexibility index (Phi) is 4.55. The molecule has 18 heavy (non-hydrogen) atoms. The predicted octanol–water partition coefficient (Wildman–Crippen LogP) is 1.11. The molecular weight excluding hydrogens is 254 g/mol. The summed E-state index contributed by atoms with van der Waals surface area (Å²) >= 11 is 0. The van der Waals surface area contributed by atoms with E-state index in [9.17, 15) is 8.42 Å². The fourth-order valence-electron chi connectivity index (χ4n) is 1.44. The normalized spacial score (nSPS) is 12.4. The molecule has 0 aliphatic rings. The number of nitrogens with two attached hydrogens (primary N) is 1. The van der Waals surface area contributed by atoms with Crippen molar-refractivity contribution < 1.29 is 13.6 Å². The fourth-order valence-corrected chi connectivity index (χ4v) is 2.11. The van der Waals surface area contributed by atoms with Crippen LogP contribution in [-0.2, 0) is 16.4 Å². The van der Waals surface area contributed by atoms with Crippen molar-refractivity contribution in [3.05, 3.63) is 29.3 Å². The van der Waals surface area contributed by atoms with Gasteiger partial charge < -0.3 is 10.9 Å². The quantitative estimate of drug-likeness (QED) is 0.323. The number of benzene rings is 1. The number of anilines is 1. The molecule has 0 saturated heterocycles. The lowest BCUT2D eigenvalue weighted by Crippen LogP contribution is -2.18. The van der Waals surface area contributed by atoms with Crippen LogP contribution in [0.5, 0.6) is 0 Å². The van der Waals surface area contributed by atoms with Gasteiger partial charge in [-0.25, -0.2) is 8.42 Å². The Morgan fingerprint density at radius 1 is 1.44 bits per heavy atom. The zero-order valence-electron chi connectivity index (χ0n) is 10.3. The van der Waals surface area contributed by atoms with Gasteiger partial charge in [-0.05, 0) is 25.0 Å². The second-order valence-corrected chi connectivity index (χ2v) is 5.73. The summed E-state index contributed by atoms with van der Waals surface area (Å²) in [6, 6.07) is 4.99. The zero-order chi connectivity index (χ0) is 13.8. The van der Waals surface area contributed by atoms with Crippen LogP contribution in [-0.4, -0.2) is 25.2 Å². The number of hydrogen-bond donors (Lipinski definition) is 3. The molecule has 0 aliphatic carbocycles. The number of rotatable bonds is 5. The van der Waals surface area contributed by atoms with Crippen LogP contribution in [0.2, 0.25) is 0 Å². The lowest BCUT2D eigenvalue weighted by Gasteiger charge is -2.12. The molecule has 0 amide bonds. The molecule has 1 aromatic carbocycles. The Labute approximate surface area is 107 Å².